The van der Waals surface area contributed by atoms with Gasteiger partial charge in [0.05, 0.1) is 0 Å². The molecule has 1 nitrogen and oxygen atoms in total. The van der Waals surface area contributed by atoms with Gasteiger partial charge in [0.25, 0.3) is 0 Å². The lowest BCUT2D eigenvalue weighted by Gasteiger charge is -2.24. The fourth-order valence-corrected chi connectivity index (χ4v) is 6.97. The smallest absolute Gasteiger partial charge is 0.132 e. The van der Waals surface area contributed by atoms with Crippen LogP contribution in [0.25, 0.3) is 0 Å². The van der Waals surface area contributed by atoms with E-state index in [-0.39, 0.29) is 0 Å². The van der Waals surface area contributed by atoms with Crippen LogP contribution in [0.5, 0.6) is 0 Å². The number of hydrogen-bond acceptors (Lipinski definition) is 1. The highest BCUT2D eigenvalue weighted by atomic mass is 16.1. The summed E-state index contributed by atoms with van der Waals surface area (Å²) in [4.78, 5) is 12.2. The lowest BCUT2D eigenvalue weighted by Crippen LogP contribution is -2.17. The Kier molecular flexibility index (Phi) is 12.7. The van der Waals surface area contributed by atoms with E-state index in [1.54, 1.807) is 0 Å². The van der Waals surface area contributed by atoms with Gasteiger partial charge in [-0.3, -0.25) is 4.79 Å². The summed E-state index contributed by atoms with van der Waals surface area (Å²) in [5.41, 5.74) is 0. The summed E-state index contributed by atoms with van der Waals surface area (Å²) in [5.74, 6) is 6.24. The fraction of sp³-hybridized carbons (Fsp3) is 0.966. The third-order valence-corrected chi connectivity index (χ3v) is 9.19. The minimum atomic E-state index is 0.534. The van der Waals surface area contributed by atoms with Gasteiger partial charge in [-0.15, -0.1) is 0 Å². The standard InChI is InChI=1S/C29H54O/c1-5-6-7-8-9-10-11-12-13-14-15-19-27(30)20-17-16-18-26-21-22-28-24(3)23(2)25(4)29(26)28/h23-26,28-29H,5-22H2,1-4H3/t23-,24?,25?,26?,28+,29+/m1/s1. The molecule has 2 aliphatic carbocycles. The normalized spacial score (nSPS) is 30.7. The molecule has 0 aromatic rings. The second-order valence-corrected chi connectivity index (χ2v) is 11.2. The summed E-state index contributed by atoms with van der Waals surface area (Å²) >= 11 is 0. The molecule has 0 saturated heterocycles. The zero-order valence-electron chi connectivity index (χ0n) is 21.1. The number of hydrogen-bond donors (Lipinski definition) is 0. The molecule has 2 aliphatic rings. The first kappa shape index (κ1) is 25.9. The minimum Gasteiger partial charge on any atom is -0.300 e. The number of carbonyl (C=O) groups is 1. The molecule has 0 amide bonds. The molecule has 0 aromatic carbocycles. The Morgan fingerprint density at radius 2 is 1.17 bits per heavy atom. The van der Waals surface area contributed by atoms with E-state index in [0.717, 1.165) is 61.2 Å². The number of Topliss-reactive ketones (excluding diaryl/α,β-unsaturated/α-hetero) is 1. The summed E-state index contributed by atoms with van der Waals surface area (Å²) in [7, 11) is 0. The summed E-state index contributed by atoms with van der Waals surface area (Å²) in [6, 6.07) is 0. The van der Waals surface area contributed by atoms with Crippen molar-refractivity contribution in [2.24, 2.45) is 35.5 Å². The third kappa shape index (κ3) is 8.31. The summed E-state index contributed by atoms with van der Waals surface area (Å²) in [6.07, 6.45) is 23.4. The van der Waals surface area contributed by atoms with Gasteiger partial charge in [0.15, 0.2) is 0 Å². The molecule has 0 radical (unpaired) electrons. The number of ketones is 1. The maximum absolute atomic E-state index is 12.2. The van der Waals surface area contributed by atoms with Gasteiger partial charge in [-0.1, -0.05) is 105 Å². The molecule has 2 rings (SSSR count). The molecule has 6 atom stereocenters. The molecule has 0 heterocycles. The summed E-state index contributed by atoms with van der Waals surface area (Å²) in [6.45, 7) is 9.78. The van der Waals surface area contributed by atoms with Crippen molar-refractivity contribution in [3.05, 3.63) is 0 Å². The van der Waals surface area contributed by atoms with Crippen LogP contribution >= 0.6 is 0 Å². The van der Waals surface area contributed by atoms with Gasteiger partial charge in [0.2, 0.25) is 0 Å². The molecular formula is C29H54O. The number of unbranched alkanes of at least 4 members (excludes halogenated alkanes) is 11. The highest BCUT2D eigenvalue weighted by Crippen LogP contribution is 2.57. The van der Waals surface area contributed by atoms with E-state index in [2.05, 4.69) is 27.7 Å². The van der Waals surface area contributed by atoms with Crippen LogP contribution in [0.4, 0.5) is 0 Å². The highest BCUT2D eigenvalue weighted by Gasteiger charge is 2.49. The Bertz CT molecular complexity index is 455. The van der Waals surface area contributed by atoms with Crippen LogP contribution in [0.1, 0.15) is 143 Å². The van der Waals surface area contributed by atoms with Crippen LogP contribution in [0, 0.1) is 35.5 Å². The van der Waals surface area contributed by atoms with Crippen molar-refractivity contribution in [1.82, 2.24) is 0 Å². The van der Waals surface area contributed by atoms with Gasteiger partial charge < -0.3 is 0 Å². The van der Waals surface area contributed by atoms with Gasteiger partial charge in [-0.05, 0) is 61.2 Å². The minimum absolute atomic E-state index is 0.534. The molecule has 0 aromatic heterocycles. The van der Waals surface area contributed by atoms with Gasteiger partial charge in [0.1, 0.15) is 5.78 Å². The van der Waals surface area contributed by atoms with E-state index in [1.807, 2.05) is 0 Å². The van der Waals surface area contributed by atoms with Crippen LogP contribution in [0.15, 0.2) is 0 Å². The van der Waals surface area contributed by atoms with E-state index in [9.17, 15) is 4.79 Å². The number of carbonyl (C=O) groups excluding carboxylic acids is 1. The van der Waals surface area contributed by atoms with E-state index in [4.69, 9.17) is 0 Å². The molecule has 0 bridgehead atoms. The molecule has 0 N–H and O–H groups in total. The van der Waals surface area contributed by atoms with Gasteiger partial charge in [-0.25, -0.2) is 0 Å². The van der Waals surface area contributed by atoms with Gasteiger partial charge in [-0.2, -0.15) is 0 Å². The lowest BCUT2D eigenvalue weighted by atomic mass is 9.81. The van der Waals surface area contributed by atoms with Crippen molar-refractivity contribution in [2.45, 2.75) is 143 Å². The van der Waals surface area contributed by atoms with Crippen molar-refractivity contribution >= 4 is 5.78 Å². The first-order valence-electron chi connectivity index (χ1n) is 14.1. The predicted molar refractivity (Wildman–Crippen MR) is 132 cm³/mol. The Hall–Kier alpha value is -0.330. The average Bonchev–Trinajstić information content (AvgIpc) is 3.25. The maximum atomic E-state index is 12.2. The zero-order chi connectivity index (χ0) is 21.8. The molecule has 3 unspecified atom stereocenters. The monoisotopic (exact) mass is 418 g/mol. The van der Waals surface area contributed by atoms with Crippen molar-refractivity contribution in [3.63, 3.8) is 0 Å². The van der Waals surface area contributed by atoms with Crippen molar-refractivity contribution in [2.75, 3.05) is 0 Å². The van der Waals surface area contributed by atoms with Crippen LogP contribution < -0.4 is 0 Å². The largest absolute Gasteiger partial charge is 0.300 e. The Morgan fingerprint density at radius 1 is 0.633 bits per heavy atom. The molecule has 2 fully saturated rings. The fourth-order valence-electron chi connectivity index (χ4n) is 6.97. The Balaban J connectivity index is 1.40. The topological polar surface area (TPSA) is 17.1 Å². The molecule has 0 aliphatic heterocycles. The molecular weight excluding hydrogens is 364 g/mol. The second kappa shape index (κ2) is 14.7. The van der Waals surface area contributed by atoms with E-state index in [0.29, 0.717) is 5.78 Å². The van der Waals surface area contributed by atoms with Gasteiger partial charge in [0, 0.05) is 12.8 Å². The lowest BCUT2D eigenvalue weighted by molar-refractivity contribution is -0.119. The third-order valence-electron chi connectivity index (χ3n) is 9.19. The average molecular weight is 419 g/mol. The number of rotatable bonds is 17. The van der Waals surface area contributed by atoms with Crippen LogP contribution in [0.2, 0.25) is 0 Å². The Morgan fingerprint density at radius 3 is 1.77 bits per heavy atom. The molecule has 1 heteroatoms. The van der Waals surface area contributed by atoms with Crippen molar-refractivity contribution in [1.29, 1.82) is 0 Å². The van der Waals surface area contributed by atoms with Crippen LogP contribution in [-0.2, 0) is 4.79 Å². The zero-order valence-corrected chi connectivity index (χ0v) is 21.1. The summed E-state index contributed by atoms with van der Waals surface area (Å²) in [5, 5.41) is 0. The first-order valence-corrected chi connectivity index (χ1v) is 14.1. The molecule has 176 valence electrons. The van der Waals surface area contributed by atoms with E-state index < -0.39 is 0 Å². The quantitative estimate of drug-likeness (QED) is 0.215. The van der Waals surface area contributed by atoms with Crippen LogP contribution in [-0.4, -0.2) is 5.78 Å². The van der Waals surface area contributed by atoms with E-state index >= 15 is 0 Å². The highest BCUT2D eigenvalue weighted by molar-refractivity contribution is 5.78. The van der Waals surface area contributed by atoms with Crippen molar-refractivity contribution in [3.8, 4) is 0 Å². The predicted octanol–water partition coefficient (Wildman–Crippen LogP) is 9.38. The molecule has 2 saturated carbocycles. The van der Waals surface area contributed by atoms with Crippen molar-refractivity contribution < 1.29 is 4.79 Å². The molecule has 0 spiro atoms. The first-order chi connectivity index (χ1) is 14.6. The number of fused-ring (bicyclic) bond motifs is 1. The van der Waals surface area contributed by atoms with Crippen LogP contribution in [0.3, 0.4) is 0 Å². The summed E-state index contributed by atoms with van der Waals surface area (Å²) < 4.78 is 0. The SMILES string of the molecule is CCCCCCCCCCCCCC(=O)CCCCC1CC[C@H]2C(C)[C@@H](C)C(C)[C@@H]12. The maximum Gasteiger partial charge on any atom is 0.132 e. The van der Waals surface area contributed by atoms with E-state index in [1.165, 1.54) is 89.9 Å². The van der Waals surface area contributed by atoms with Gasteiger partial charge >= 0.3 is 0 Å². The Labute approximate surface area is 189 Å². The molecule has 30 heavy (non-hydrogen) atoms. The second-order valence-electron chi connectivity index (χ2n) is 11.2.